The van der Waals surface area contributed by atoms with Gasteiger partial charge in [-0.25, -0.2) is 15.0 Å². The maximum absolute atomic E-state index is 8.63. The van der Waals surface area contributed by atoms with E-state index in [-0.39, 0.29) is 30.3 Å². The first kappa shape index (κ1) is 17.9. The van der Waals surface area contributed by atoms with Crippen LogP contribution in [0.5, 0.6) is 0 Å². The number of aliphatic hydroxyl groups is 1. The second-order valence-corrected chi connectivity index (χ2v) is 9.06. The number of halogens is 6. The van der Waals surface area contributed by atoms with E-state index in [2.05, 4.69) is 15.0 Å². The Balaban J connectivity index is 3.10. The average Bonchev–Trinajstić information content (AvgIpc) is 2.27. The van der Waals surface area contributed by atoms with E-state index in [1.165, 1.54) is 0 Å². The molecule has 1 heterocycles. The highest BCUT2D eigenvalue weighted by molar-refractivity contribution is 6.67. The molecule has 108 valence electrons. The van der Waals surface area contributed by atoms with Gasteiger partial charge in [0.15, 0.2) is 11.6 Å². The van der Waals surface area contributed by atoms with Crippen LogP contribution < -0.4 is 5.45 Å². The predicted octanol–water partition coefficient (Wildman–Crippen LogP) is 1.24. The highest BCUT2D eigenvalue weighted by atomic mass is 35.6. The fourth-order valence-corrected chi connectivity index (χ4v) is 2.36. The second-order valence-electron chi connectivity index (χ2n) is 3.17. The van der Waals surface area contributed by atoms with Crippen molar-refractivity contribution >= 4 is 84.8 Å². The highest BCUT2D eigenvalue weighted by Gasteiger charge is 2.33. The van der Waals surface area contributed by atoms with Gasteiger partial charge in [0.2, 0.25) is 17.3 Å². The maximum Gasteiger partial charge on any atom is 0.250 e. The molecule has 0 amide bonds. The van der Waals surface area contributed by atoms with Crippen molar-refractivity contribution in [1.29, 1.82) is 0 Å². The van der Waals surface area contributed by atoms with Gasteiger partial charge in [0.1, 0.15) is 5.45 Å². The highest BCUT2D eigenvalue weighted by Crippen LogP contribution is 2.39. The Morgan fingerprint density at radius 3 is 1.79 bits per heavy atom. The number of aromatic nitrogens is 3. The third-order valence-corrected chi connectivity index (χ3v) is 3.74. The number of alkyl halides is 6. The van der Waals surface area contributed by atoms with Crippen LogP contribution in [0.1, 0.15) is 11.6 Å². The lowest BCUT2D eigenvalue weighted by atomic mass is 10.6. The van der Waals surface area contributed by atoms with Gasteiger partial charge < -0.3 is 9.53 Å². The van der Waals surface area contributed by atoms with Crippen molar-refractivity contribution in [2.45, 2.75) is 7.59 Å². The van der Waals surface area contributed by atoms with Crippen LogP contribution in [0.2, 0.25) is 0 Å². The first-order valence-electron chi connectivity index (χ1n) is 4.72. The molecule has 1 rings (SSSR count). The standard InChI is InChI=1S/C7H7Cl6N3O2Si/c8-6(9,10)3-14-4(7(11,12)13)16-5(15-3)19-18-2-1-17/h17H,1-2,19H2. The summed E-state index contributed by atoms with van der Waals surface area (Å²) in [7, 11) is -1.36. The number of rotatable bonds is 4. The van der Waals surface area contributed by atoms with Crippen LogP contribution >= 0.6 is 69.6 Å². The molecule has 0 bridgehead atoms. The summed E-state index contributed by atoms with van der Waals surface area (Å²) in [6.07, 6.45) is 0. The fourth-order valence-electron chi connectivity index (χ4n) is 0.966. The summed E-state index contributed by atoms with van der Waals surface area (Å²) in [5, 5.41) is 8.63. The SMILES string of the molecule is OCCO[SiH2]c1nc(C(Cl)(Cl)Cl)nc(C(Cl)(Cl)Cl)n1. The van der Waals surface area contributed by atoms with Gasteiger partial charge in [0, 0.05) is 0 Å². The Kier molecular flexibility index (Phi) is 6.84. The summed E-state index contributed by atoms with van der Waals surface area (Å²) in [5.41, 5.74) is 0.256. The van der Waals surface area contributed by atoms with Gasteiger partial charge >= 0.3 is 0 Å². The Morgan fingerprint density at radius 1 is 0.947 bits per heavy atom. The molecule has 0 spiro atoms. The lowest BCUT2D eigenvalue weighted by molar-refractivity contribution is 0.208. The molecule has 5 nitrogen and oxygen atoms in total. The van der Waals surface area contributed by atoms with Crippen LogP contribution in [-0.2, 0) is 12.0 Å². The summed E-state index contributed by atoms with van der Waals surface area (Å²) >= 11 is 34.2. The van der Waals surface area contributed by atoms with Crippen LogP contribution in [0, 0.1) is 0 Å². The van der Waals surface area contributed by atoms with Gasteiger partial charge in [-0.1, -0.05) is 69.6 Å². The van der Waals surface area contributed by atoms with Crippen LogP contribution in [0.15, 0.2) is 0 Å². The lowest BCUT2D eigenvalue weighted by Gasteiger charge is -2.15. The largest absolute Gasteiger partial charge is 0.413 e. The molecule has 0 radical (unpaired) electrons. The summed E-state index contributed by atoms with van der Waals surface area (Å²) < 4.78 is 1.45. The third-order valence-electron chi connectivity index (χ3n) is 1.66. The normalized spacial score (nSPS) is 13.4. The molecule has 0 saturated carbocycles. The van der Waals surface area contributed by atoms with E-state index in [0.29, 0.717) is 0 Å². The van der Waals surface area contributed by atoms with E-state index < -0.39 is 17.3 Å². The zero-order valence-electron chi connectivity index (χ0n) is 9.09. The molecule has 1 aromatic rings. The van der Waals surface area contributed by atoms with E-state index in [4.69, 9.17) is 79.1 Å². The van der Waals surface area contributed by atoms with Crippen molar-refractivity contribution < 1.29 is 9.53 Å². The lowest BCUT2D eigenvalue weighted by Crippen LogP contribution is -2.32. The first-order chi connectivity index (χ1) is 8.64. The second kappa shape index (κ2) is 7.24. The molecule has 1 aromatic heterocycles. The van der Waals surface area contributed by atoms with Crippen molar-refractivity contribution in [1.82, 2.24) is 15.0 Å². The van der Waals surface area contributed by atoms with E-state index in [0.717, 1.165) is 0 Å². The summed E-state index contributed by atoms with van der Waals surface area (Å²) in [4.78, 5) is 11.7. The monoisotopic (exact) mass is 403 g/mol. The Morgan fingerprint density at radius 2 is 1.42 bits per heavy atom. The van der Waals surface area contributed by atoms with Gasteiger partial charge in [-0.15, -0.1) is 0 Å². The quantitative estimate of drug-likeness (QED) is 0.464. The minimum absolute atomic E-state index is 0.118. The molecule has 19 heavy (non-hydrogen) atoms. The molecule has 1 N–H and O–H groups in total. The molecule has 0 aliphatic carbocycles. The van der Waals surface area contributed by atoms with Crippen molar-refractivity contribution in [3.05, 3.63) is 11.6 Å². The number of hydrogen-bond donors (Lipinski definition) is 1. The van der Waals surface area contributed by atoms with Crippen LogP contribution in [0.4, 0.5) is 0 Å². The number of nitrogens with zero attached hydrogens (tertiary/aromatic N) is 3. The Labute approximate surface area is 141 Å². The smallest absolute Gasteiger partial charge is 0.250 e. The molecular formula is C7H7Cl6N3O2Si. The molecular weight excluding hydrogens is 399 g/mol. The van der Waals surface area contributed by atoms with Crippen molar-refractivity contribution in [2.75, 3.05) is 13.2 Å². The van der Waals surface area contributed by atoms with Gasteiger partial charge in [-0.2, -0.15) is 0 Å². The van der Waals surface area contributed by atoms with E-state index in [1.54, 1.807) is 0 Å². The van der Waals surface area contributed by atoms with Crippen LogP contribution in [0.3, 0.4) is 0 Å². The van der Waals surface area contributed by atoms with E-state index in [1.807, 2.05) is 0 Å². The van der Waals surface area contributed by atoms with Gasteiger partial charge in [-0.05, 0) is 0 Å². The first-order valence-corrected chi connectivity index (χ1v) is 8.27. The minimum Gasteiger partial charge on any atom is -0.413 e. The molecule has 0 atom stereocenters. The zero-order chi connectivity index (χ0) is 14.7. The summed E-state index contributed by atoms with van der Waals surface area (Å²) in [6, 6.07) is 0. The molecule has 0 aromatic carbocycles. The van der Waals surface area contributed by atoms with Crippen LogP contribution in [-0.4, -0.2) is 43.0 Å². The molecule has 0 fully saturated rings. The van der Waals surface area contributed by atoms with E-state index >= 15 is 0 Å². The molecule has 0 unspecified atom stereocenters. The van der Waals surface area contributed by atoms with Crippen molar-refractivity contribution in [2.24, 2.45) is 0 Å². The van der Waals surface area contributed by atoms with Gasteiger partial charge in [0.05, 0.1) is 13.2 Å². The van der Waals surface area contributed by atoms with E-state index in [9.17, 15) is 0 Å². The Hall–Kier alpha value is 0.887. The van der Waals surface area contributed by atoms with Gasteiger partial charge in [0.25, 0.3) is 0 Å². The summed E-state index contributed by atoms with van der Waals surface area (Å²) in [5.74, 6) is -0.298. The minimum atomic E-state index is -1.87. The Bertz CT molecular complexity index is 406. The van der Waals surface area contributed by atoms with Crippen LogP contribution in [0.25, 0.3) is 0 Å². The molecule has 0 aliphatic rings. The van der Waals surface area contributed by atoms with Crippen molar-refractivity contribution in [3.8, 4) is 0 Å². The molecule has 0 saturated heterocycles. The van der Waals surface area contributed by atoms with Gasteiger partial charge in [-0.3, -0.25) is 0 Å². The number of hydrogen-bond acceptors (Lipinski definition) is 5. The van der Waals surface area contributed by atoms with Crippen molar-refractivity contribution in [3.63, 3.8) is 0 Å². The number of aliphatic hydroxyl groups excluding tert-OH is 1. The summed E-state index contributed by atoms with van der Waals surface area (Å²) in [6.45, 7) is 0.0385. The third kappa shape index (κ3) is 6.03. The molecule has 12 heteroatoms. The topological polar surface area (TPSA) is 68.1 Å². The predicted molar refractivity (Wildman–Crippen MR) is 79.5 cm³/mol. The maximum atomic E-state index is 8.63. The average molecular weight is 406 g/mol. The zero-order valence-corrected chi connectivity index (χ0v) is 15.0. The fraction of sp³-hybridized carbons (Fsp3) is 0.571. The molecule has 0 aliphatic heterocycles.